The summed E-state index contributed by atoms with van der Waals surface area (Å²) in [5.41, 5.74) is 1.42. The number of nitriles is 1. The maximum absolute atomic E-state index is 9.05. The van der Waals surface area contributed by atoms with Crippen LogP contribution < -0.4 is 4.90 Å². The summed E-state index contributed by atoms with van der Waals surface area (Å²) in [5.74, 6) is 0. The lowest BCUT2D eigenvalue weighted by Gasteiger charge is -2.33. The second-order valence-corrected chi connectivity index (χ2v) is 3.63. The first-order valence-corrected chi connectivity index (χ1v) is 5.16. The summed E-state index contributed by atoms with van der Waals surface area (Å²) < 4.78 is 5.36. The van der Waals surface area contributed by atoms with E-state index in [1.165, 1.54) is 0 Å². The third kappa shape index (κ3) is 2.13. The number of aromatic nitrogens is 1. The molecule has 1 atom stereocenters. The SMILES string of the molecule is N#Cc1ccncc1N1CCOC(CO)C1. The standard InChI is InChI=1S/C11H13N3O2/c12-5-9-1-2-13-6-11(9)14-3-4-16-10(7-14)8-15/h1-2,6,10,15H,3-4,7-8H2. The van der Waals surface area contributed by atoms with Gasteiger partial charge in [-0.2, -0.15) is 5.26 Å². The Morgan fingerprint density at radius 3 is 3.31 bits per heavy atom. The summed E-state index contributed by atoms with van der Waals surface area (Å²) in [6, 6.07) is 3.83. The van der Waals surface area contributed by atoms with Gasteiger partial charge in [0, 0.05) is 19.3 Å². The molecule has 5 heteroatoms. The monoisotopic (exact) mass is 219 g/mol. The lowest BCUT2D eigenvalue weighted by Crippen LogP contribution is -2.44. The largest absolute Gasteiger partial charge is 0.394 e. The van der Waals surface area contributed by atoms with Gasteiger partial charge in [0.15, 0.2) is 0 Å². The number of rotatable bonds is 2. The first-order valence-electron chi connectivity index (χ1n) is 5.16. The second-order valence-electron chi connectivity index (χ2n) is 3.63. The van der Waals surface area contributed by atoms with Gasteiger partial charge in [-0.25, -0.2) is 0 Å². The fraction of sp³-hybridized carbons (Fsp3) is 0.455. The summed E-state index contributed by atoms with van der Waals surface area (Å²) in [5, 5.41) is 18.0. The third-order valence-corrected chi connectivity index (χ3v) is 2.60. The van der Waals surface area contributed by atoms with E-state index in [2.05, 4.69) is 11.1 Å². The predicted octanol–water partition coefficient (Wildman–Crippen LogP) is 0.151. The van der Waals surface area contributed by atoms with Crippen LogP contribution in [-0.2, 0) is 4.74 Å². The number of nitrogens with zero attached hydrogens (tertiary/aromatic N) is 3. The maximum Gasteiger partial charge on any atom is 0.101 e. The molecule has 0 aromatic carbocycles. The smallest absolute Gasteiger partial charge is 0.101 e. The Labute approximate surface area is 93.9 Å². The van der Waals surface area contributed by atoms with Crippen molar-refractivity contribution in [2.75, 3.05) is 31.2 Å². The van der Waals surface area contributed by atoms with Crippen molar-refractivity contribution in [2.45, 2.75) is 6.10 Å². The predicted molar refractivity (Wildman–Crippen MR) is 58.0 cm³/mol. The number of ether oxygens (including phenoxy) is 1. The highest BCUT2D eigenvalue weighted by Gasteiger charge is 2.21. The van der Waals surface area contributed by atoms with Gasteiger partial charge in [-0.3, -0.25) is 4.98 Å². The van der Waals surface area contributed by atoms with Crippen LogP contribution in [0.25, 0.3) is 0 Å². The van der Waals surface area contributed by atoms with E-state index in [1.807, 2.05) is 4.90 Å². The molecule has 0 radical (unpaired) electrons. The third-order valence-electron chi connectivity index (χ3n) is 2.60. The lowest BCUT2D eigenvalue weighted by atomic mass is 10.2. The molecule has 1 N–H and O–H groups in total. The number of hydrogen-bond acceptors (Lipinski definition) is 5. The van der Waals surface area contributed by atoms with Crippen molar-refractivity contribution < 1.29 is 9.84 Å². The lowest BCUT2D eigenvalue weighted by molar-refractivity contribution is 0.00354. The molecule has 0 bridgehead atoms. The van der Waals surface area contributed by atoms with Crippen LogP contribution in [0.1, 0.15) is 5.56 Å². The number of morpholine rings is 1. The number of pyridine rings is 1. The van der Waals surface area contributed by atoms with E-state index < -0.39 is 0 Å². The van der Waals surface area contributed by atoms with Gasteiger partial charge in [0.25, 0.3) is 0 Å². The van der Waals surface area contributed by atoms with Crippen LogP contribution in [0.3, 0.4) is 0 Å². The highest BCUT2D eigenvalue weighted by Crippen LogP contribution is 2.20. The van der Waals surface area contributed by atoms with Crippen LogP contribution in [0.15, 0.2) is 18.5 Å². The Balaban J connectivity index is 2.20. The summed E-state index contributed by atoms with van der Waals surface area (Å²) in [7, 11) is 0. The molecule has 2 heterocycles. The van der Waals surface area contributed by atoms with E-state index in [4.69, 9.17) is 15.1 Å². The molecule has 1 aliphatic heterocycles. The zero-order valence-corrected chi connectivity index (χ0v) is 8.83. The van der Waals surface area contributed by atoms with Gasteiger partial charge < -0.3 is 14.7 Å². The number of aliphatic hydroxyl groups is 1. The topological polar surface area (TPSA) is 69.4 Å². The van der Waals surface area contributed by atoms with Crippen LogP contribution >= 0.6 is 0 Å². The van der Waals surface area contributed by atoms with Crippen molar-refractivity contribution in [1.82, 2.24) is 4.98 Å². The molecule has 1 aromatic rings. The van der Waals surface area contributed by atoms with Crippen LogP contribution in [0, 0.1) is 11.3 Å². The Morgan fingerprint density at radius 2 is 2.56 bits per heavy atom. The molecule has 16 heavy (non-hydrogen) atoms. The van der Waals surface area contributed by atoms with Gasteiger partial charge in [0.05, 0.1) is 36.8 Å². The van der Waals surface area contributed by atoms with E-state index in [9.17, 15) is 0 Å². The van der Waals surface area contributed by atoms with Crippen molar-refractivity contribution in [2.24, 2.45) is 0 Å². The fourth-order valence-electron chi connectivity index (χ4n) is 1.78. The van der Waals surface area contributed by atoms with Crippen LogP contribution in [0.5, 0.6) is 0 Å². The van der Waals surface area contributed by atoms with E-state index in [-0.39, 0.29) is 12.7 Å². The summed E-state index contributed by atoms with van der Waals surface area (Å²) in [6.07, 6.45) is 3.10. The van der Waals surface area contributed by atoms with Gasteiger partial charge in [0.1, 0.15) is 6.07 Å². The van der Waals surface area contributed by atoms with Crippen molar-refractivity contribution in [3.63, 3.8) is 0 Å². The van der Waals surface area contributed by atoms with Crippen molar-refractivity contribution in [3.8, 4) is 6.07 Å². The van der Waals surface area contributed by atoms with Crippen molar-refractivity contribution in [1.29, 1.82) is 5.26 Å². The number of anilines is 1. The van der Waals surface area contributed by atoms with Crippen LogP contribution in [-0.4, -0.2) is 42.5 Å². The average molecular weight is 219 g/mol. The first-order chi connectivity index (χ1) is 7.85. The molecule has 0 saturated carbocycles. The highest BCUT2D eigenvalue weighted by molar-refractivity contribution is 5.57. The fourth-order valence-corrected chi connectivity index (χ4v) is 1.78. The normalized spacial score (nSPS) is 20.5. The molecular weight excluding hydrogens is 206 g/mol. The van der Waals surface area contributed by atoms with Crippen LogP contribution in [0.4, 0.5) is 5.69 Å². The summed E-state index contributed by atoms with van der Waals surface area (Å²) >= 11 is 0. The molecule has 2 rings (SSSR count). The minimum atomic E-state index is -0.180. The molecular formula is C11H13N3O2. The minimum Gasteiger partial charge on any atom is -0.394 e. The van der Waals surface area contributed by atoms with Gasteiger partial charge >= 0.3 is 0 Å². The van der Waals surface area contributed by atoms with Gasteiger partial charge in [0.2, 0.25) is 0 Å². The Kier molecular flexibility index (Phi) is 3.34. The second kappa shape index (κ2) is 4.92. The molecule has 1 aromatic heterocycles. The quantitative estimate of drug-likeness (QED) is 0.766. The molecule has 0 aliphatic carbocycles. The molecule has 1 saturated heterocycles. The zero-order chi connectivity index (χ0) is 11.4. The molecule has 1 unspecified atom stereocenters. The Bertz CT molecular complexity index is 402. The molecule has 84 valence electrons. The molecule has 0 amide bonds. The van der Waals surface area contributed by atoms with E-state index >= 15 is 0 Å². The Hall–Kier alpha value is -1.64. The van der Waals surface area contributed by atoms with Crippen molar-refractivity contribution >= 4 is 5.69 Å². The minimum absolute atomic E-state index is 0.00134. The van der Waals surface area contributed by atoms with Gasteiger partial charge in [-0.05, 0) is 6.07 Å². The van der Waals surface area contributed by atoms with E-state index in [1.54, 1.807) is 18.5 Å². The molecule has 1 fully saturated rings. The summed E-state index contributed by atoms with van der Waals surface area (Å²) in [4.78, 5) is 6.05. The van der Waals surface area contributed by atoms with Gasteiger partial charge in [-0.15, -0.1) is 0 Å². The van der Waals surface area contributed by atoms with Crippen molar-refractivity contribution in [3.05, 3.63) is 24.0 Å². The Morgan fingerprint density at radius 1 is 1.69 bits per heavy atom. The van der Waals surface area contributed by atoms with Crippen LogP contribution in [0.2, 0.25) is 0 Å². The van der Waals surface area contributed by atoms with Gasteiger partial charge in [-0.1, -0.05) is 0 Å². The molecule has 0 spiro atoms. The maximum atomic E-state index is 9.05. The van der Waals surface area contributed by atoms with E-state index in [0.29, 0.717) is 18.7 Å². The highest BCUT2D eigenvalue weighted by atomic mass is 16.5. The number of hydrogen-bond donors (Lipinski definition) is 1. The zero-order valence-electron chi connectivity index (χ0n) is 8.83. The first kappa shape index (κ1) is 10.9. The molecule has 1 aliphatic rings. The molecule has 5 nitrogen and oxygen atoms in total. The average Bonchev–Trinajstić information content (AvgIpc) is 2.38. The summed E-state index contributed by atoms with van der Waals surface area (Å²) in [6.45, 7) is 1.87. The van der Waals surface area contributed by atoms with E-state index in [0.717, 1.165) is 12.2 Å². The number of aliphatic hydroxyl groups excluding tert-OH is 1.